The van der Waals surface area contributed by atoms with Gasteiger partial charge >= 0.3 is 0 Å². The van der Waals surface area contributed by atoms with Gasteiger partial charge in [0, 0.05) is 31.5 Å². The molecule has 5 heteroatoms. The van der Waals surface area contributed by atoms with Gasteiger partial charge in [0.25, 0.3) is 0 Å². The number of hydrogen-bond donors (Lipinski definition) is 2. The maximum absolute atomic E-state index is 12.2. The number of carbonyl (C=O) groups excluding carboxylic acids is 1. The van der Waals surface area contributed by atoms with Gasteiger partial charge in [-0.05, 0) is 25.7 Å². The van der Waals surface area contributed by atoms with E-state index >= 15 is 0 Å². The van der Waals surface area contributed by atoms with Gasteiger partial charge in [-0.15, -0.1) is 0 Å². The molecule has 1 amide bonds. The molecular formula is C13H22N4O. The van der Waals surface area contributed by atoms with E-state index in [1.165, 1.54) is 0 Å². The molecule has 2 rings (SSSR count). The van der Waals surface area contributed by atoms with Crippen molar-refractivity contribution in [2.75, 3.05) is 6.54 Å². The van der Waals surface area contributed by atoms with Crippen LogP contribution in [0.4, 0.5) is 0 Å². The van der Waals surface area contributed by atoms with Crippen LogP contribution in [-0.2, 0) is 11.3 Å². The number of nitrogens with zero attached hydrogens (tertiary/aromatic N) is 2. The van der Waals surface area contributed by atoms with Crippen LogP contribution in [0.5, 0.6) is 0 Å². The third kappa shape index (κ3) is 2.56. The van der Waals surface area contributed by atoms with Gasteiger partial charge in [-0.1, -0.05) is 6.92 Å². The first-order chi connectivity index (χ1) is 8.55. The van der Waals surface area contributed by atoms with Gasteiger partial charge in [-0.25, -0.2) is 4.98 Å². The Bertz CT molecular complexity index is 395. The molecule has 1 atom stereocenters. The largest absolute Gasteiger partial charge is 0.351 e. The molecule has 3 N–H and O–H groups in total. The van der Waals surface area contributed by atoms with E-state index in [1.54, 1.807) is 12.5 Å². The van der Waals surface area contributed by atoms with Crippen molar-refractivity contribution in [2.24, 2.45) is 17.1 Å². The summed E-state index contributed by atoms with van der Waals surface area (Å²) in [5.41, 5.74) is 5.45. The average Bonchev–Trinajstić information content (AvgIpc) is 2.76. The average molecular weight is 250 g/mol. The van der Waals surface area contributed by atoms with Gasteiger partial charge in [0.15, 0.2) is 0 Å². The summed E-state index contributed by atoms with van der Waals surface area (Å²) < 4.78 is 1.96. The minimum Gasteiger partial charge on any atom is -0.351 e. The molecule has 1 fully saturated rings. The molecule has 1 aliphatic carbocycles. The highest BCUT2D eigenvalue weighted by Gasteiger charge is 2.47. The standard InChI is InChI=1S/C13H22N4O/c1-10-5-13(6-10,8-14)12(18)16-11(2)7-17-4-3-15-9-17/h3-4,9-11H,5-8,14H2,1-2H3,(H,16,18). The number of aromatic nitrogens is 2. The van der Waals surface area contributed by atoms with Crippen molar-refractivity contribution in [3.05, 3.63) is 18.7 Å². The Morgan fingerprint density at radius 1 is 1.67 bits per heavy atom. The lowest BCUT2D eigenvalue weighted by atomic mass is 9.62. The quantitative estimate of drug-likeness (QED) is 0.810. The normalized spacial score (nSPS) is 28.5. The Kier molecular flexibility index (Phi) is 3.71. The summed E-state index contributed by atoms with van der Waals surface area (Å²) in [6.07, 6.45) is 7.21. The van der Waals surface area contributed by atoms with Gasteiger partial charge in [0.05, 0.1) is 11.7 Å². The van der Waals surface area contributed by atoms with Crippen molar-refractivity contribution < 1.29 is 4.79 Å². The number of rotatable bonds is 5. The summed E-state index contributed by atoms with van der Waals surface area (Å²) >= 11 is 0. The van der Waals surface area contributed by atoms with Crippen molar-refractivity contribution in [3.8, 4) is 0 Å². The molecule has 18 heavy (non-hydrogen) atoms. The molecule has 0 radical (unpaired) electrons. The minimum atomic E-state index is -0.317. The summed E-state index contributed by atoms with van der Waals surface area (Å²) in [6, 6.07) is 0.0889. The third-order valence-corrected chi connectivity index (χ3v) is 3.77. The molecule has 0 aliphatic heterocycles. The lowest BCUT2D eigenvalue weighted by molar-refractivity contribution is -0.138. The first-order valence-corrected chi connectivity index (χ1v) is 6.52. The van der Waals surface area contributed by atoms with Crippen molar-refractivity contribution in [1.82, 2.24) is 14.9 Å². The van der Waals surface area contributed by atoms with E-state index in [1.807, 2.05) is 17.7 Å². The molecule has 0 bridgehead atoms. The van der Waals surface area contributed by atoms with Gasteiger partial charge < -0.3 is 15.6 Å². The van der Waals surface area contributed by atoms with E-state index in [4.69, 9.17) is 5.73 Å². The molecule has 0 aromatic carbocycles. The van der Waals surface area contributed by atoms with E-state index < -0.39 is 0 Å². The van der Waals surface area contributed by atoms with Crippen molar-refractivity contribution >= 4 is 5.91 Å². The Balaban J connectivity index is 1.87. The maximum atomic E-state index is 12.2. The zero-order valence-corrected chi connectivity index (χ0v) is 11.1. The molecule has 0 saturated heterocycles. The number of nitrogens with one attached hydrogen (secondary N) is 1. The second-order valence-electron chi connectivity index (χ2n) is 5.63. The smallest absolute Gasteiger partial charge is 0.227 e. The highest BCUT2D eigenvalue weighted by Crippen LogP contribution is 2.44. The Morgan fingerprint density at radius 2 is 2.39 bits per heavy atom. The number of hydrogen-bond acceptors (Lipinski definition) is 3. The SMILES string of the molecule is CC1CC(CN)(C(=O)NC(C)Cn2ccnc2)C1. The molecule has 1 aromatic heterocycles. The molecule has 5 nitrogen and oxygen atoms in total. The van der Waals surface area contributed by atoms with Crippen LogP contribution in [0.15, 0.2) is 18.7 Å². The second-order valence-corrected chi connectivity index (χ2v) is 5.63. The molecule has 1 heterocycles. The van der Waals surface area contributed by atoms with Gasteiger partial charge in [0.1, 0.15) is 0 Å². The highest BCUT2D eigenvalue weighted by molar-refractivity contribution is 5.84. The fourth-order valence-electron chi connectivity index (χ4n) is 2.85. The number of imidazole rings is 1. The zero-order chi connectivity index (χ0) is 13.2. The molecule has 100 valence electrons. The van der Waals surface area contributed by atoms with Crippen LogP contribution in [0.25, 0.3) is 0 Å². The molecular weight excluding hydrogens is 228 g/mol. The molecule has 1 unspecified atom stereocenters. The fraction of sp³-hybridized carbons (Fsp3) is 0.692. The van der Waals surface area contributed by atoms with Gasteiger partial charge in [-0.3, -0.25) is 4.79 Å². The molecule has 1 aromatic rings. The molecule has 1 aliphatic rings. The summed E-state index contributed by atoms with van der Waals surface area (Å²) in [5.74, 6) is 0.721. The lowest BCUT2D eigenvalue weighted by Crippen LogP contribution is -2.55. The number of amides is 1. The lowest BCUT2D eigenvalue weighted by Gasteiger charge is -2.44. The fourth-order valence-corrected chi connectivity index (χ4v) is 2.85. The van der Waals surface area contributed by atoms with Crippen LogP contribution >= 0.6 is 0 Å². The minimum absolute atomic E-state index is 0.0889. The van der Waals surface area contributed by atoms with Gasteiger partial charge in [0.2, 0.25) is 5.91 Å². The monoisotopic (exact) mass is 250 g/mol. The van der Waals surface area contributed by atoms with Crippen LogP contribution in [-0.4, -0.2) is 28.0 Å². The van der Waals surface area contributed by atoms with E-state index in [0.717, 1.165) is 19.4 Å². The van der Waals surface area contributed by atoms with E-state index in [0.29, 0.717) is 12.5 Å². The zero-order valence-electron chi connectivity index (χ0n) is 11.1. The van der Waals surface area contributed by atoms with E-state index in [2.05, 4.69) is 17.2 Å². The number of carbonyl (C=O) groups is 1. The predicted molar refractivity (Wildman–Crippen MR) is 69.7 cm³/mol. The Hall–Kier alpha value is -1.36. The highest BCUT2D eigenvalue weighted by atomic mass is 16.2. The summed E-state index contributed by atoms with van der Waals surface area (Å²) in [7, 11) is 0. The third-order valence-electron chi connectivity index (χ3n) is 3.77. The molecule has 1 saturated carbocycles. The van der Waals surface area contributed by atoms with E-state index in [-0.39, 0.29) is 17.4 Å². The topological polar surface area (TPSA) is 72.9 Å². The van der Waals surface area contributed by atoms with Crippen LogP contribution in [0.1, 0.15) is 26.7 Å². The van der Waals surface area contributed by atoms with E-state index in [9.17, 15) is 4.79 Å². The summed E-state index contributed by atoms with van der Waals surface area (Å²) in [4.78, 5) is 16.2. The first-order valence-electron chi connectivity index (χ1n) is 6.52. The Labute approximate surface area is 108 Å². The van der Waals surface area contributed by atoms with Crippen molar-refractivity contribution in [2.45, 2.75) is 39.3 Å². The Morgan fingerprint density at radius 3 is 2.89 bits per heavy atom. The van der Waals surface area contributed by atoms with Crippen molar-refractivity contribution in [3.63, 3.8) is 0 Å². The second kappa shape index (κ2) is 5.10. The maximum Gasteiger partial charge on any atom is 0.227 e. The van der Waals surface area contributed by atoms with Crippen LogP contribution < -0.4 is 11.1 Å². The molecule has 0 spiro atoms. The van der Waals surface area contributed by atoms with Crippen LogP contribution in [0, 0.1) is 11.3 Å². The van der Waals surface area contributed by atoms with Crippen molar-refractivity contribution in [1.29, 1.82) is 0 Å². The van der Waals surface area contributed by atoms with Gasteiger partial charge in [-0.2, -0.15) is 0 Å². The number of nitrogens with two attached hydrogens (primary N) is 1. The first kappa shape index (κ1) is 13.1. The van der Waals surface area contributed by atoms with Crippen LogP contribution in [0.2, 0.25) is 0 Å². The predicted octanol–water partition coefficient (Wildman–Crippen LogP) is 0.763. The summed E-state index contributed by atoms with van der Waals surface area (Å²) in [6.45, 7) is 5.35. The van der Waals surface area contributed by atoms with Crippen LogP contribution in [0.3, 0.4) is 0 Å². The summed E-state index contributed by atoms with van der Waals surface area (Å²) in [5, 5.41) is 3.06.